The van der Waals surface area contributed by atoms with Crippen LogP contribution < -0.4 is 10.2 Å². The number of hydrogen-bond acceptors (Lipinski definition) is 5. The fourth-order valence-electron chi connectivity index (χ4n) is 2.55. The molecule has 0 saturated carbocycles. The van der Waals surface area contributed by atoms with Gasteiger partial charge >= 0.3 is 0 Å². The molecule has 0 spiro atoms. The number of aromatic nitrogens is 2. The lowest BCUT2D eigenvalue weighted by atomic mass is 10.2. The van der Waals surface area contributed by atoms with E-state index >= 15 is 0 Å². The zero-order valence-corrected chi connectivity index (χ0v) is 13.9. The molecule has 0 aromatic carbocycles. The van der Waals surface area contributed by atoms with Crippen molar-refractivity contribution in [3.63, 3.8) is 0 Å². The molecular formula is C15H26N4S. The van der Waals surface area contributed by atoms with Crippen molar-refractivity contribution in [3.8, 4) is 0 Å². The quantitative estimate of drug-likeness (QED) is 0.903. The van der Waals surface area contributed by atoms with Gasteiger partial charge in [0.05, 0.1) is 0 Å². The Morgan fingerprint density at radius 2 is 2.15 bits per heavy atom. The minimum atomic E-state index is 0.548. The molecule has 1 aliphatic rings. The van der Waals surface area contributed by atoms with E-state index in [4.69, 9.17) is 4.98 Å². The van der Waals surface area contributed by atoms with Crippen molar-refractivity contribution in [2.75, 3.05) is 34.8 Å². The summed E-state index contributed by atoms with van der Waals surface area (Å²) in [6, 6.07) is 0.548. The Hall–Kier alpha value is -0.970. The van der Waals surface area contributed by atoms with Crippen LogP contribution in [-0.2, 0) is 6.42 Å². The molecule has 4 nitrogen and oxygen atoms in total. The van der Waals surface area contributed by atoms with Gasteiger partial charge in [0.1, 0.15) is 17.5 Å². The average molecular weight is 294 g/mol. The molecule has 0 radical (unpaired) electrons. The molecule has 2 heterocycles. The average Bonchev–Trinajstić information content (AvgIpc) is 2.44. The molecule has 1 N–H and O–H groups in total. The Bertz CT molecular complexity index is 450. The minimum Gasteiger partial charge on any atom is -0.370 e. The summed E-state index contributed by atoms with van der Waals surface area (Å²) in [5.74, 6) is 5.48. The first-order valence-corrected chi connectivity index (χ1v) is 8.78. The van der Waals surface area contributed by atoms with Gasteiger partial charge in [-0.3, -0.25) is 0 Å². The second-order valence-electron chi connectivity index (χ2n) is 5.33. The second-order valence-corrected chi connectivity index (χ2v) is 6.48. The monoisotopic (exact) mass is 294 g/mol. The molecule has 0 amide bonds. The van der Waals surface area contributed by atoms with Crippen LogP contribution in [0, 0.1) is 6.92 Å². The number of anilines is 2. The number of nitrogens with zero attached hydrogens (tertiary/aromatic N) is 3. The molecule has 1 aliphatic heterocycles. The van der Waals surface area contributed by atoms with Gasteiger partial charge in [-0.2, -0.15) is 11.8 Å². The highest BCUT2D eigenvalue weighted by molar-refractivity contribution is 7.99. The Morgan fingerprint density at radius 1 is 1.35 bits per heavy atom. The molecule has 1 saturated heterocycles. The summed E-state index contributed by atoms with van der Waals surface area (Å²) < 4.78 is 0. The van der Waals surface area contributed by atoms with E-state index in [9.17, 15) is 0 Å². The van der Waals surface area contributed by atoms with E-state index < -0.39 is 0 Å². The van der Waals surface area contributed by atoms with Crippen LogP contribution in [0.5, 0.6) is 0 Å². The van der Waals surface area contributed by atoms with Crippen molar-refractivity contribution in [1.82, 2.24) is 9.97 Å². The highest BCUT2D eigenvalue weighted by Gasteiger charge is 2.23. The third-order valence-corrected chi connectivity index (χ3v) is 4.81. The SMILES string of the molecule is CCCc1nc(NCC)c(C)c(N2CCSCC2C)n1. The van der Waals surface area contributed by atoms with Gasteiger partial charge < -0.3 is 10.2 Å². The molecule has 1 fully saturated rings. The first-order valence-electron chi connectivity index (χ1n) is 7.63. The standard InChI is InChI=1S/C15H26N4S/c1-5-7-13-17-14(16-6-2)12(4)15(18-13)19-8-9-20-10-11(19)3/h11H,5-10H2,1-4H3,(H,16,17,18). The van der Waals surface area contributed by atoms with E-state index in [1.165, 1.54) is 17.1 Å². The summed E-state index contributed by atoms with van der Waals surface area (Å²) >= 11 is 2.04. The molecule has 112 valence electrons. The molecular weight excluding hydrogens is 268 g/mol. The van der Waals surface area contributed by atoms with Crippen LogP contribution in [0.3, 0.4) is 0 Å². The number of nitrogens with one attached hydrogen (secondary N) is 1. The minimum absolute atomic E-state index is 0.548. The second kappa shape index (κ2) is 7.16. The van der Waals surface area contributed by atoms with Crippen LogP contribution in [0.25, 0.3) is 0 Å². The Morgan fingerprint density at radius 3 is 2.80 bits per heavy atom. The Kier molecular flexibility index (Phi) is 5.52. The van der Waals surface area contributed by atoms with Crippen molar-refractivity contribution in [2.24, 2.45) is 0 Å². The molecule has 0 bridgehead atoms. The molecule has 1 atom stereocenters. The highest BCUT2D eigenvalue weighted by Crippen LogP contribution is 2.28. The molecule has 1 aromatic rings. The van der Waals surface area contributed by atoms with E-state index in [-0.39, 0.29) is 0 Å². The van der Waals surface area contributed by atoms with Crippen LogP contribution in [0.4, 0.5) is 11.6 Å². The lowest BCUT2D eigenvalue weighted by Gasteiger charge is -2.35. The molecule has 2 rings (SSSR count). The van der Waals surface area contributed by atoms with Crippen LogP contribution in [0.15, 0.2) is 0 Å². The summed E-state index contributed by atoms with van der Waals surface area (Å²) in [4.78, 5) is 12.0. The van der Waals surface area contributed by atoms with Gasteiger partial charge in [0.25, 0.3) is 0 Å². The fourth-order valence-corrected chi connectivity index (χ4v) is 3.56. The highest BCUT2D eigenvalue weighted by atomic mass is 32.2. The van der Waals surface area contributed by atoms with Gasteiger partial charge in [-0.1, -0.05) is 6.92 Å². The zero-order chi connectivity index (χ0) is 14.5. The maximum absolute atomic E-state index is 4.84. The van der Waals surface area contributed by atoms with Crippen molar-refractivity contribution in [2.45, 2.75) is 46.6 Å². The first-order chi connectivity index (χ1) is 9.67. The van der Waals surface area contributed by atoms with Gasteiger partial charge in [-0.05, 0) is 27.2 Å². The number of aryl methyl sites for hydroxylation is 1. The lowest BCUT2D eigenvalue weighted by molar-refractivity contribution is 0.679. The van der Waals surface area contributed by atoms with E-state index in [2.05, 4.69) is 42.9 Å². The molecule has 1 unspecified atom stereocenters. The molecule has 0 aliphatic carbocycles. The summed E-state index contributed by atoms with van der Waals surface area (Å²) in [6.45, 7) is 10.7. The van der Waals surface area contributed by atoms with Crippen LogP contribution in [0.2, 0.25) is 0 Å². The number of hydrogen-bond donors (Lipinski definition) is 1. The summed E-state index contributed by atoms with van der Waals surface area (Å²) in [7, 11) is 0. The van der Waals surface area contributed by atoms with E-state index in [1.807, 2.05) is 11.8 Å². The predicted molar refractivity (Wildman–Crippen MR) is 89.1 cm³/mol. The number of thioether (sulfide) groups is 1. The smallest absolute Gasteiger partial charge is 0.137 e. The van der Waals surface area contributed by atoms with Crippen molar-refractivity contribution >= 4 is 23.4 Å². The van der Waals surface area contributed by atoms with Crippen LogP contribution in [0.1, 0.15) is 38.6 Å². The van der Waals surface area contributed by atoms with Crippen molar-refractivity contribution < 1.29 is 0 Å². The normalized spacial score (nSPS) is 19.2. The van der Waals surface area contributed by atoms with Crippen molar-refractivity contribution in [1.29, 1.82) is 0 Å². The van der Waals surface area contributed by atoms with Gasteiger partial charge in [0, 0.05) is 42.6 Å². The first kappa shape index (κ1) is 15.4. The van der Waals surface area contributed by atoms with Crippen molar-refractivity contribution in [3.05, 3.63) is 11.4 Å². The predicted octanol–water partition coefficient (Wildman–Crippen LogP) is 3.11. The Labute approximate surface area is 126 Å². The molecule has 5 heteroatoms. The molecule has 1 aromatic heterocycles. The topological polar surface area (TPSA) is 41.1 Å². The largest absolute Gasteiger partial charge is 0.370 e. The third kappa shape index (κ3) is 3.37. The van der Waals surface area contributed by atoms with E-state index in [0.29, 0.717) is 6.04 Å². The zero-order valence-electron chi connectivity index (χ0n) is 13.1. The summed E-state index contributed by atoms with van der Waals surface area (Å²) in [5, 5.41) is 3.39. The Balaban J connectivity index is 2.38. The van der Waals surface area contributed by atoms with Crippen LogP contribution >= 0.6 is 11.8 Å². The van der Waals surface area contributed by atoms with E-state index in [0.717, 1.165) is 43.4 Å². The van der Waals surface area contributed by atoms with E-state index in [1.54, 1.807) is 0 Å². The van der Waals surface area contributed by atoms with Gasteiger partial charge in [0.15, 0.2) is 0 Å². The fraction of sp³-hybridized carbons (Fsp3) is 0.733. The lowest BCUT2D eigenvalue weighted by Crippen LogP contribution is -2.41. The van der Waals surface area contributed by atoms with Gasteiger partial charge in [-0.15, -0.1) is 0 Å². The third-order valence-electron chi connectivity index (χ3n) is 3.62. The summed E-state index contributed by atoms with van der Waals surface area (Å²) in [5.41, 5.74) is 1.19. The molecule has 20 heavy (non-hydrogen) atoms. The summed E-state index contributed by atoms with van der Waals surface area (Å²) in [6.07, 6.45) is 2.03. The number of rotatable bonds is 5. The van der Waals surface area contributed by atoms with Gasteiger partial charge in [-0.25, -0.2) is 9.97 Å². The van der Waals surface area contributed by atoms with Gasteiger partial charge in [0.2, 0.25) is 0 Å². The maximum Gasteiger partial charge on any atom is 0.137 e. The maximum atomic E-state index is 4.84. The van der Waals surface area contributed by atoms with Crippen LogP contribution in [-0.4, -0.2) is 40.6 Å².